The fourth-order valence-corrected chi connectivity index (χ4v) is 2.64. The van der Waals surface area contributed by atoms with Crippen molar-refractivity contribution in [2.45, 2.75) is 17.6 Å². The van der Waals surface area contributed by atoms with E-state index >= 15 is 0 Å². The minimum Gasteiger partial charge on any atom is -0.468 e. The van der Waals surface area contributed by atoms with Crippen molar-refractivity contribution in [3.8, 4) is 0 Å². The first-order valence-corrected chi connectivity index (χ1v) is 6.49. The van der Waals surface area contributed by atoms with Gasteiger partial charge in [0.25, 0.3) is 0 Å². The Morgan fingerprint density at radius 3 is 2.82 bits per heavy atom. The van der Waals surface area contributed by atoms with Crippen molar-refractivity contribution < 1.29 is 9.21 Å². The predicted octanol–water partition coefficient (Wildman–Crippen LogP) is 4.43. The van der Waals surface area contributed by atoms with Gasteiger partial charge in [-0.15, -0.1) is 11.8 Å². The fraction of sp³-hybridized carbons (Fsp3) is 0.154. The molecule has 1 heterocycles. The molecule has 0 aliphatic carbocycles. The molecule has 1 aromatic heterocycles. The van der Waals surface area contributed by atoms with Crippen LogP contribution in [0.25, 0.3) is 0 Å². The minimum absolute atomic E-state index is 0.0161. The first-order chi connectivity index (χ1) is 8.16. The van der Waals surface area contributed by atoms with Crippen molar-refractivity contribution in [1.29, 1.82) is 0 Å². The zero-order valence-corrected chi connectivity index (χ0v) is 10.8. The summed E-state index contributed by atoms with van der Waals surface area (Å²) in [7, 11) is 0. The third kappa shape index (κ3) is 3.14. The molecule has 0 N–H and O–H groups in total. The highest BCUT2D eigenvalue weighted by atomic mass is 35.5. The van der Waals surface area contributed by atoms with Gasteiger partial charge in [-0.3, -0.25) is 4.79 Å². The van der Waals surface area contributed by atoms with Crippen LogP contribution >= 0.6 is 23.4 Å². The van der Waals surface area contributed by atoms with E-state index in [1.807, 2.05) is 24.3 Å². The molecule has 0 aliphatic heterocycles. The van der Waals surface area contributed by atoms with E-state index in [2.05, 4.69) is 0 Å². The van der Waals surface area contributed by atoms with E-state index in [9.17, 15) is 4.79 Å². The number of ketones is 1. The molecule has 0 amide bonds. The summed E-state index contributed by atoms with van der Waals surface area (Å²) in [6.07, 6.45) is 1.65. The Bertz CT molecular complexity index is 520. The number of carbonyl (C=O) groups excluding carboxylic acids is 1. The summed E-state index contributed by atoms with van der Waals surface area (Å²) >= 11 is 7.65. The summed E-state index contributed by atoms with van der Waals surface area (Å²) < 4.78 is 5.24. The van der Waals surface area contributed by atoms with Gasteiger partial charge < -0.3 is 4.42 Å². The Balaban J connectivity index is 2.07. The smallest absolute Gasteiger partial charge is 0.161 e. The standard InChI is InChI=1S/C13H11ClO2S/c1-9(15)12-5-4-11(7-13(12)14)17-8-10-3-2-6-16-10/h2-7H,8H2,1H3. The first-order valence-electron chi connectivity index (χ1n) is 5.12. The van der Waals surface area contributed by atoms with Crippen molar-refractivity contribution in [1.82, 2.24) is 0 Å². The molecular formula is C13H11ClO2S. The number of rotatable bonds is 4. The summed E-state index contributed by atoms with van der Waals surface area (Å²) in [5.74, 6) is 1.65. The number of thioether (sulfide) groups is 1. The highest BCUT2D eigenvalue weighted by Crippen LogP contribution is 2.27. The third-order valence-electron chi connectivity index (χ3n) is 2.28. The molecule has 0 saturated heterocycles. The maximum atomic E-state index is 11.2. The Morgan fingerprint density at radius 2 is 2.24 bits per heavy atom. The molecule has 2 aromatic rings. The van der Waals surface area contributed by atoms with Crippen molar-refractivity contribution in [3.63, 3.8) is 0 Å². The van der Waals surface area contributed by atoms with Crippen LogP contribution in [0.1, 0.15) is 23.0 Å². The third-order valence-corrected chi connectivity index (χ3v) is 3.61. The summed E-state index contributed by atoms with van der Waals surface area (Å²) in [6.45, 7) is 1.51. The molecule has 0 bridgehead atoms. The Hall–Kier alpha value is -1.19. The largest absolute Gasteiger partial charge is 0.468 e. The molecule has 0 fully saturated rings. The van der Waals surface area contributed by atoms with Crippen LogP contribution in [-0.2, 0) is 5.75 Å². The normalized spacial score (nSPS) is 10.5. The van der Waals surface area contributed by atoms with Gasteiger partial charge in [-0.1, -0.05) is 11.6 Å². The molecule has 0 unspecified atom stereocenters. The molecule has 1 aromatic carbocycles. The fourth-order valence-electron chi connectivity index (χ4n) is 1.42. The lowest BCUT2D eigenvalue weighted by Crippen LogP contribution is -1.92. The van der Waals surface area contributed by atoms with Crippen LogP contribution in [0.4, 0.5) is 0 Å². The SMILES string of the molecule is CC(=O)c1ccc(SCc2ccco2)cc1Cl. The van der Waals surface area contributed by atoms with E-state index in [4.69, 9.17) is 16.0 Å². The van der Waals surface area contributed by atoms with E-state index in [0.717, 1.165) is 16.4 Å². The topological polar surface area (TPSA) is 30.2 Å². The summed E-state index contributed by atoms with van der Waals surface area (Å²) in [6, 6.07) is 9.26. The number of Topliss-reactive ketones (excluding diaryl/α,β-unsaturated/α-hetero) is 1. The van der Waals surface area contributed by atoms with E-state index in [-0.39, 0.29) is 5.78 Å². The number of benzene rings is 1. The molecule has 2 rings (SSSR count). The highest BCUT2D eigenvalue weighted by molar-refractivity contribution is 7.98. The van der Waals surface area contributed by atoms with Crippen molar-refractivity contribution in [2.24, 2.45) is 0 Å². The molecule has 0 saturated carbocycles. The van der Waals surface area contributed by atoms with E-state index in [1.54, 1.807) is 24.1 Å². The van der Waals surface area contributed by atoms with Crippen LogP contribution in [0.3, 0.4) is 0 Å². The van der Waals surface area contributed by atoms with Gasteiger partial charge in [-0.2, -0.15) is 0 Å². The van der Waals surface area contributed by atoms with E-state index < -0.39 is 0 Å². The molecule has 0 radical (unpaired) electrons. The molecular weight excluding hydrogens is 256 g/mol. The van der Waals surface area contributed by atoms with Gasteiger partial charge in [-0.05, 0) is 37.3 Å². The van der Waals surface area contributed by atoms with E-state index in [0.29, 0.717) is 10.6 Å². The second-order valence-corrected chi connectivity index (χ2v) is 5.02. The maximum absolute atomic E-state index is 11.2. The lowest BCUT2D eigenvalue weighted by Gasteiger charge is -2.03. The van der Waals surface area contributed by atoms with Gasteiger partial charge in [0, 0.05) is 10.5 Å². The summed E-state index contributed by atoms with van der Waals surface area (Å²) in [5, 5.41) is 0.502. The number of hydrogen-bond acceptors (Lipinski definition) is 3. The Morgan fingerprint density at radius 1 is 1.41 bits per heavy atom. The molecule has 17 heavy (non-hydrogen) atoms. The molecule has 0 atom stereocenters. The lowest BCUT2D eigenvalue weighted by atomic mass is 10.1. The van der Waals surface area contributed by atoms with Gasteiger partial charge >= 0.3 is 0 Å². The van der Waals surface area contributed by atoms with Gasteiger partial charge in [0.05, 0.1) is 17.0 Å². The van der Waals surface area contributed by atoms with Crippen molar-refractivity contribution in [3.05, 3.63) is 52.9 Å². The predicted molar refractivity (Wildman–Crippen MR) is 69.7 cm³/mol. The summed E-state index contributed by atoms with van der Waals surface area (Å²) in [4.78, 5) is 12.2. The van der Waals surface area contributed by atoms with Gasteiger partial charge in [0.1, 0.15) is 5.76 Å². The number of carbonyl (C=O) groups is 1. The van der Waals surface area contributed by atoms with E-state index in [1.165, 1.54) is 6.92 Å². The van der Waals surface area contributed by atoms with Gasteiger partial charge in [0.2, 0.25) is 0 Å². The second kappa shape index (κ2) is 5.43. The maximum Gasteiger partial charge on any atom is 0.161 e. The quantitative estimate of drug-likeness (QED) is 0.606. The van der Waals surface area contributed by atoms with Gasteiger partial charge in [-0.25, -0.2) is 0 Å². The zero-order valence-electron chi connectivity index (χ0n) is 9.27. The zero-order chi connectivity index (χ0) is 12.3. The van der Waals surface area contributed by atoms with Crippen LogP contribution in [0.2, 0.25) is 5.02 Å². The molecule has 4 heteroatoms. The number of halogens is 1. The molecule has 88 valence electrons. The van der Waals surface area contributed by atoms with Crippen molar-refractivity contribution in [2.75, 3.05) is 0 Å². The summed E-state index contributed by atoms with van der Waals surface area (Å²) in [5.41, 5.74) is 0.564. The molecule has 0 aliphatic rings. The average molecular weight is 267 g/mol. The molecule has 2 nitrogen and oxygen atoms in total. The van der Waals surface area contributed by atoms with Crippen LogP contribution < -0.4 is 0 Å². The number of furan rings is 1. The Labute approximate surface area is 109 Å². The monoisotopic (exact) mass is 266 g/mol. The van der Waals surface area contributed by atoms with Crippen LogP contribution in [0.5, 0.6) is 0 Å². The van der Waals surface area contributed by atoms with Crippen LogP contribution in [0, 0.1) is 0 Å². The van der Waals surface area contributed by atoms with Crippen LogP contribution in [0.15, 0.2) is 45.9 Å². The lowest BCUT2D eigenvalue weighted by molar-refractivity contribution is 0.101. The molecule has 0 spiro atoms. The minimum atomic E-state index is -0.0161. The second-order valence-electron chi connectivity index (χ2n) is 3.57. The average Bonchev–Trinajstić information content (AvgIpc) is 2.78. The first kappa shape index (κ1) is 12.3. The van der Waals surface area contributed by atoms with Gasteiger partial charge in [0.15, 0.2) is 5.78 Å². The Kier molecular flexibility index (Phi) is 3.92. The number of hydrogen-bond donors (Lipinski definition) is 0. The highest BCUT2D eigenvalue weighted by Gasteiger charge is 2.07. The van der Waals surface area contributed by atoms with Crippen LogP contribution in [-0.4, -0.2) is 5.78 Å². The van der Waals surface area contributed by atoms with Crippen molar-refractivity contribution >= 4 is 29.1 Å².